The molecule has 3 aromatic rings. The third-order valence-corrected chi connectivity index (χ3v) is 35.2. The van der Waals surface area contributed by atoms with Crippen LogP contribution in [0, 0.1) is 137 Å². The summed E-state index contributed by atoms with van der Waals surface area (Å²) in [5, 5.41) is 0. The van der Waals surface area contributed by atoms with E-state index in [1.54, 1.807) is 5.56 Å². The van der Waals surface area contributed by atoms with E-state index >= 15 is 0 Å². The van der Waals surface area contributed by atoms with Crippen LogP contribution in [0.4, 0.5) is 5.69 Å². The van der Waals surface area contributed by atoms with Gasteiger partial charge < -0.3 is 4.90 Å². The van der Waals surface area contributed by atoms with Crippen molar-refractivity contribution < 1.29 is 0 Å². The van der Waals surface area contributed by atoms with Gasteiger partial charge in [-0.25, -0.2) is 0 Å². The fourth-order valence-electron chi connectivity index (χ4n) is 24.4. The number of anilines is 1. The normalized spacial score (nSPS) is 30.0. The molecular formula is C123H224N2. The minimum Gasteiger partial charge on any atom is -0.371 e. The van der Waals surface area contributed by atoms with Gasteiger partial charge in [0, 0.05) is 36.6 Å². The van der Waals surface area contributed by atoms with Crippen molar-refractivity contribution >= 4 is 5.69 Å². The van der Waals surface area contributed by atoms with Gasteiger partial charge in [-0.1, -0.05) is 483 Å². The van der Waals surface area contributed by atoms with Crippen LogP contribution in [0.5, 0.6) is 0 Å². The molecule has 2 aromatic carbocycles. The molecule has 0 spiro atoms. The van der Waals surface area contributed by atoms with Crippen LogP contribution in [0.3, 0.4) is 0 Å². The molecule has 125 heavy (non-hydrogen) atoms. The molecule has 2 heteroatoms. The van der Waals surface area contributed by atoms with Gasteiger partial charge in [-0.3, -0.25) is 4.98 Å². The fraction of sp³-hybridized carbons (Fsp3) is 0.862. The Balaban J connectivity index is 0.000000290. The molecule has 10 unspecified atom stereocenters. The first kappa shape index (κ1) is 115. The van der Waals surface area contributed by atoms with Crippen molar-refractivity contribution in [2.75, 3.05) is 18.0 Å². The number of benzene rings is 2. The molecule has 726 valence electrons. The number of rotatable bonds is 17. The topological polar surface area (TPSA) is 16.1 Å². The van der Waals surface area contributed by atoms with Crippen LogP contribution >= 0.6 is 0 Å². The predicted molar refractivity (Wildman–Crippen MR) is 565 cm³/mol. The van der Waals surface area contributed by atoms with Crippen molar-refractivity contribution in [3.05, 3.63) is 95.3 Å². The average molecular weight is 1730 g/mol. The van der Waals surface area contributed by atoms with Crippen LogP contribution in [-0.2, 0) is 0 Å². The molecular weight excluding hydrogens is 1510 g/mol. The summed E-state index contributed by atoms with van der Waals surface area (Å²) in [6.07, 6.45) is 83.3. The van der Waals surface area contributed by atoms with Crippen LogP contribution in [-0.4, -0.2) is 18.1 Å². The first-order valence-electron chi connectivity index (χ1n) is 56.9. The summed E-state index contributed by atoms with van der Waals surface area (Å²) in [7, 11) is 0. The molecule has 0 radical (unpaired) electrons. The van der Waals surface area contributed by atoms with Gasteiger partial charge in [-0.15, -0.1) is 0 Å². The predicted octanol–water partition coefficient (Wildman–Crippen LogP) is 41.1. The summed E-state index contributed by atoms with van der Waals surface area (Å²) >= 11 is 0. The quantitative estimate of drug-likeness (QED) is 0.125. The smallest absolute Gasteiger partial charge is 0.0434 e. The van der Waals surface area contributed by atoms with E-state index in [1.807, 2.05) is 12.3 Å². The Labute approximate surface area is 786 Å². The molecule has 2 heterocycles. The van der Waals surface area contributed by atoms with Crippen LogP contribution in [0.2, 0.25) is 0 Å². The van der Waals surface area contributed by atoms with Gasteiger partial charge in [0.25, 0.3) is 0 Å². The van der Waals surface area contributed by atoms with Crippen molar-refractivity contribution in [1.82, 2.24) is 4.98 Å². The maximum absolute atomic E-state index is 4.47. The summed E-state index contributed by atoms with van der Waals surface area (Å²) in [5.41, 5.74) is 8.21. The third-order valence-electron chi connectivity index (χ3n) is 35.2. The van der Waals surface area contributed by atoms with Crippen molar-refractivity contribution in [2.45, 2.75) is 544 Å². The number of piperidine rings is 1. The molecule has 14 rings (SSSR count). The molecule has 10 atom stereocenters. The number of aryl methyl sites for hydroxylation is 2. The maximum Gasteiger partial charge on any atom is 0.0434 e. The van der Waals surface area contributed by atoms with Crippen LogP contribution in [0.25, 0.3) is 0 Å². The lowest BCUT2D eigenvalue weighted by atomic mass is 9.69. The summed E-state index contributed by atoms with van der Waals surface area (Å²) in [6, 6.07) is 24.4. The summed E-state index contributed by atoms with van der Waals surface area (Å²) in [4.78, 5) is 7.01. The zero-order valence-electron chi connectivity index (χ0n) is 89.5. The van der Waals surface area contributed by atoms with Crippen LogP contribution < -0.4 is 4.90 Å². The second-order valence-electron chi connectivity index (χ2n) is 47.1. The van der Waals surface area contributed by atoms with Crippen molar-refractivity contribution in [1.29, 1.82) is 0 Å². The molecule has 0 N–H and O–H groups in total. The zero-order chi connectivity index (χ0) is 91.8. The van der Waals surface area contributed by atoms with E-state index < -0.39 is 0 Å². The summed E-state index contributed by atoms with van der Waals surface area (Å²) in [5.74, 6) is 20.9. The minimum atomic E-state index is 0.554. The Hall–Kier alpha value is -2.61. The van der Waals surface area contributed by atoms with Gasteiger partial charge >= 0.3 is 0 Å². The fourth-order valence-corrected chi connectivity index (χ4v) is 24.4. The number of nitrogens with zero attached hydrogens (tertiary/aromatic N) is 2. The third kappa shape index (κ3) is 49.8. The van der Waals surface area contributed by atoms with Gasteiger partial charge in [0.05, 0.1) is 0 Å². The van der Waals surface area contributed by atoms with E-state index in [0.717, 1.165) is 124 Å². The Morgan fingerprint density at radius 3 is 1.14 bits per heavy atom. The van der Waals surface area contributed by atoms with E-state index in [9.17, 15) is 0 Å². The second kappa shape index (κ2) is 67.5. The largest absolute Gasteiger partial charge is 0.371 e. The molecule has 11 aliphatic rings. The number of hydrogen-bond acceptors (Lipinski definition) is 2. The van der Waals surface area contributed by atoms with Gasteiger partial charge in [0.15, 0.2) is 0 Å². The van der Waals surface area contributed by atoms with Crippen LogP contribution in [0.1, 0.15) is 553 Å². The molecule has 2 nitrogen and oxygen atoms in total. The lowest BCUT2D eigenvalue weighted by molar-refractivity contribution is 0.148. The van der Waals surface area contributed by atoms with Gasteiger partial charge in [0.1, 0.15) is 0 Å². The van der Waals surface area contributed by atoms with Crippen molar-refractivity contribution in [3.63, 3.8) is 0 Å². The van der Waals surface area contributed by atoms with E-state index in [4.69, 9.17) is 0 Å². The van der Waals surface area contributed by atoms with Gasteiger partial charge in [-0.2, -0.15) is 0 Å². The standard InChI is InChI=1S/C15H22.C14H21N.C13H19N.C12H24.2C11H22.2C10H20.3C9H18/c1-3-13-5-4-6-15(11-13)14-9-7-12(2)8-10-14;1-3-13-5-4-10-15(11-13)14-8-6-12(2)7-9-14;1-2-11-6-5-7-12(10-11)13-8-3-4-9-14-13;1-5-10-6-8-11(9-7-10)12(2,3)4;1-4-10-5-7-11(8-6-10)9(2)3;1-4-10-6-5-7-11(8-10)9(2)3;1-4-9-6-5-7-10(2,3)8-9;1-3-9-5-7-10(4-2)8-6-9;1-3-9-6-4-8(2)5-7-9;1-3-9-6-4-5-8(2)7-9;1-2-9-7-5-3-4-6-8-9/h7-10,13,15H,3-6,11H2,1-2H3;6-9,13H,3-5,10-11H2,1-2H3;3-4,8-9,11-12H,2,5-7,10H2,1H3;10-11H,5-9H2,1-4H3;2*9-11H,4-8H2,1-3H3;9H,4-8H2,1-3H3;9-10H,3-8H2,1-2H3;2*8-9H,3-7H2,1-2H3;9H,2-8H2,1H3. The highest BCUT2D eigenvalue weighted by atomic mass is 15.1. The first-order chi connectivity index (χ1) is 60.1. The first-order valence-corrected chi connectivity index (χ1v) is 56.9. The Morgan fingerprint density at radius 1 is 0.336 bits per heavy atom. The Kier molecular flexibility index (Phi) is 62.0. The average Bonchev–Trinajstić information content (AvgIpc) is 0.952. The highest BCUT2D eigenvalue weighted by molar-refractivity contribution is 5.48. The molecule has 0 bridgehead atoms. The minimum absolute atomic E-state index is 0.554. The van der Waals surface area contributed by atoms with Crippen molar-refractivity contribution in [3.8, 4) is 0 Å². The molecule has 10 saturated carbocycles. The zero-order valence-corrected chi connectivity index (χ0v) is 89.5. The lowest BCUT2D eigenvalue weighted by Crippen LogP contribution is -2.35. The van der Waals surface area contributed by atoms with Gasteiger partial charge in [0.2, 0.25) is 0 Å². The molecule has 1 aliphatic heterocycles. The summed E-state index contributed by atoms with van der Waals surface area (Å²) < 4.78 is 0. The molecule has 11 fully saturated rings. The highest BCUT2D eigenvalue weighted by Gasteiger charge is 2.32. The number of aromatic nitrogens is 1. The molecule has 10 aliphatic carbocycles. The number of hydrogen-bond donors (Lipinski definition) is 0. The van der Waals surface area contributed by atoms with Crippen LogP contribution in [0.15, 0.2) is 72.9 Å². The second-order valence-corrected chi connectivity index (χ2v) is 47.1. The van der Waals surface area contributed by atoms with Gasteiger partial charge in [-0.05, 0) is 263 Å². The highest BCUT2D eigenvalue weighted by Crippen LogP contribution is 2.45. The monoisotopic (exact) mass is 1730 g/mol. The number of pyridine rings is 1. The SMILES string of the molecule is CCC1CCC(C(C)(C)C)CC1.CCC1CCC(C(C)C)CC1.CCC1CCC(C)CC1.CCC1CCC(CC)CC1.CCC1CCCC(C(C)C)C1.CCC1CCCC(C)(C)C1.CCC1CCCC(C)C1.CCC1CCCC(c2ccc(C)cc2)C1.CCC1CCCC(c2ccccn2)C1.CCC1CCCCCC1.CCC1CCCN(c2ccc(C)cc2)C1. The van der Waals surface area contributed by atoms with E-state index in [-0.39, 0.29) is 0 Å². The lowest BCUT2D eigenvalue weighted by Gasteiger charge is -2.36. The Bertz CT molecular complexity index is 2810. The maximum atomic E-state index is 4.47. The molecule has 1 saturated heterocycles. The molecule has 0 amide bonds. The van der Waals surface area contributed by atoms with E-state index in [1.165, 1.54) is 395 Å². The van der Waals surface area contributed by atoms with E-state index in [0.29, 0.717) is 10.8 Å². The summed E-state index contributed by atoms with van der Waals surface area (Å²) in [6.45, 7) is 61.0. The Morgan fingerprint density at radius 2 is 0.720 bits per heavy atom. The van der Waals surface area contributed by atoms with E-state index in [2.05, 4.69) is 244 Å². The molecule has 1 aromatic heterocycles. The van der Waals surface area contributed by atoms with Crippen molar-refractivity contribution in [2.24, 2.45) is 123 Å².